The maximum absolute atomic E-state index is 10.1. The van der Waals surface area contributed by atoms with Crippen molar-refractivity contribution in [3.05, 3.63) is 18.0 Å². The normalized spacial score (nSPS) is 24.4. The van der Waals surface area contributed by atoms with Crippen molar-refractivity contribution in [2.45, 2.75) is 31.4 Å². The van der Waals surface area contributed by atoms with E-state index in [9.17, 15) is 10.2 Å². The van der Waals surface area contributed by atoms with E-state index in [0.29, 0.717) is 18.8 Å². The third-order valence-corrected chi connectivity index (χ3v) is 3.80. The molecular formula is C14H24N4O2. The van der Waals surface area contributed by atoms with Gasteiger partial charge in [-0.25, -0.2) is 9.97 Å². The molecule has 2 N–H and O–H groups in total. The lowest BCUT2D eigenvalue weighted by atomic mass is 9.96. The molecule has 0 unspecified atom stereocenters. The SMILES string of the molecule is CN(C)c1ncc(CN2CCC[C@@](O)(CO)CC2)cn1. The topological polar surface area (TPSA) is 72.7 Å². The van der Waals surface area contributed by atoms with Gasteiger partial charge in [-0.15, -0.1) is 0 Å². The van der Waals surface area contributed by atoms with Gasteiger partial charge in [0.2, 0.25) is 5.95 Å². The lowest BCUT2D eigenvalue weighted by molar-refractivity contribution is -0.0255. The predicted octanol–water partition coefficient (Wildman–Crippen LogP) is 0.252. The fourth-order valence-corrected chi connectivity index (χ4v) is 2.47. The van der Waals surface area contributed by atoms with E-state index in [2.05, 4.69) is 14.9 Å². The zero-order chi connectivity index (χ0) is 14.6. The first-order valence-electron chi connectivity index (χ1n) is 7.06. The Kier molecular flexibility index (Phi) is 4.91. The largest absolute Gasteiger partial charge is 0.393 e. The zero-order valence-electron chi connectivity index (χ0n) is 12.3. The molecule has 0 aromatic carbocycles. The summed E-state index contributed by atoms with van der Waals surface area (Å²) in [6.07, 6.45) is 5.88. The van der Waals surface area contributed by atoms with Gasteiger partial charge in [-0.3, -0.25) is 4.90 Å². The molecule has 2 heterocycles. The van der Waals surface area contributed by atoms with E-state index in [0.717, 1.165) is 31.6 Å². The Morgan fingerprint density at radius 2 is 1.95 bits per heavy atom. The third kappa shape index (κ3) is 3.88. The second-order valence-corrected chi connectivity index (χ2v) is 5.80. The monoisotopic (exact) mass is 280 g/mol. The summed E-state index contributed by atoms with van der Waals surface area (Å²) in [6, 6.07) is 0. The van der Waals surface area contributed by atoms with E-state index < -0.39 is 5.60 Å². The standard InChI is InChI=1S/C14H24N4O2/c1-17(2)13-15-8-12(9-16-13)10-18-6-3-4-14(20,11-19)5-7-18/h8-9,19-20H,3-7,10-11H2,1-2H3/t14-/m0/s1. The Morgan fingerprint density at radius 1 is 1.25 bits per heavy atom. The van der Waals surface area contributed by atoms with E-state index in [1.54, 1.807) is 0 Å². The molecule has 0 aliphatic carbocycles. The van der Waals surface area contributed by atoms with Crippen LogP contribution in [0.4, 0.5) is 5.95 Å². The number of aliphatic hydroxyl groups is 2. The van der Waals surface area contributed by atoms with Crippen molar-refractivity contribution in [3.8, 4) is 0 Å². The number of hydrogen-bond donors (Lipinski definition) is 2. The molecule has 0 spiro atoms. The van der Waals surface area contributed by atoms with Gasteiger partial charge in [0.1, 0.15) is 0 Å². The molecule has 2 rings (SSSR count). The summed E-state index contributed by atoms with van der Waals surface area (Å²) in [5, 5.41) is 19.4. The van der Waals surface area contributed by atoms with Crippen LogP contribution in [0.15, 0.2) is 12.4 Å². The van der Waals surface area contributed by atoms with Crippen molar-refractivity contribution in [1.29, 1.82) is 0 Å². The average Bonchev–Trinajstić information content (AvgIpc) is 2.63. The van der Waals surface area contributed by atoms with Gasteiger partial charge in [0.05, 0.1) is 12.2 Å². The minimum absolute atomic E-state index is 0.151. The molecule has 1 atom stereocenters. The molecule has 1 aliphatic heterocycles. The van der Waals surface area contributed by atoms with Crippen LogP contribution in [0, 0.1) is 0 Å². The van der Waals surface area contributed by atoms with E-state index in [1.165, 1.54) is 0 Å². The van der Waals surface area contributed by atoms with E-state index in [4.69, 9.17) is 0 Å². The average molecular weight is 280 g/mol. The number of aliphatic hydroxyl groups excluding tert-OH is 1. The van der Waals surface area contributed by atoms with Crippen LogP contribution in [0.3, 0.4) is 0 Å². The fraction of sp³-hybridized carbons (Fsp3) is 0.714. The summed E-state index contributed by atoms with van der Waals surface area (Å²) < 4.78 is 0. The van der Waals surface area contributed by atoms with Crippen LogP contribution >= 0.6 is 0 Å². The summed E-state index contributed by atoms with van der Waals surface area (Å²) in [4.78, 5) is 12.8. The molecule has 0 amide bonds. The summed E-state index contributed by atoms with van der Waals surface area (Å²) in [5.41, 5.74) is 0.171. The highest BCUT2D eigenvalue weighted by Gasteiger charge is 2.29. The van der Waals surface area contributed by atoms with Crippen molar-refractivity contribution in [3.63, 3.8) is 0 Å². The van der Waals surface area contributed by atoms with Gasteiger partial charge in [0, 0.05) is 45.1 Å². The maximum Gasteiger partial charge on any atom is 0.224 e. The molecule has 6 heteroatoms. The number of nitrogens with zero attached hydrogens (tertiary/aromatic N) is 4. The summed E-state index contributed by atoms with van der Waals surface area (Å²) in [6.45, 7) is 2.35. The number of likely N-dealkylation sites (tertiary alicyclic amines) is 1. The fourth-order valence-electron chi connectivity index (χ4n) is 2.47. The van der Waals surface area contributed by atoms with Crippen LogP contribution < -0.4 is 4.90 Å². The first-order valence-corrected chi connectivity index (χ1v) is 7.06. The molecule has 0 bridgehead atoms. The predicted molar refractivity (Wildman–Crippen MR) is 77.5 cm³/mol. The molecule has 0 radical (unpaired) electrons. The van der Waals surface area contributed by atoms with Gasteiger partial charge in [0.25, 0.3) is 0 Å². The van der Waals surface area contributed by atoms with Crippen molar-refractivity contribution in [2.75, 3.05) is 38.7 Å². The van der Waals surface area contributed by atoms with Crippen LogP contribution in [-0.4, -0.2) is 64.5 Å². The zero-order valence-corrected chi connectivity index (χ0v) is 12.3. The second kappa shape index (κ2) is 6.47. The molecule has 20 heavy (non-hydrogen) atoms. The molecule has 1 aromatic rings. The summed E-state index contributed by atoms with van der Waals surface area (Å²) in [5.74, 6) is 0.708. The van der Waals surface area contributed by atoms with Gasteiger partial charge in [-0.05, 0) is 25.8 Å². The Balaban J connectivity index is 1.93. The highest BCUT2D eigenvalue weighted by Crippen LogP contribution is 2.22. The summed E-state index contributed by atoms with van der Waals surface area (Å²) in [7, 11) is 3.83. The van der Waals surface area contributed by atoms with E-state index in [-0.39, 0.29) is 6.61 Å². The van der Waals surface area contributed by atoms with Gasteiger partial charge in [-0.2, -0.15) is 0 Å². The Hall–Kier alpha value is -1.24. The Labute approximate surface area is 120 Å². The highest BCUT2D eigenvalue weighted by atomic mass is 16.3. The molecule has 1 fully saturated rings. The minimum Gasteiger partial charge on any atom is -0.393 e. The number of anilines is 1. The second-order valence-electron chi connectivity index (χ2n) is 5.80. The van der Waals surface area contributed by atoms with Crippen molar-refractivity contribution >= 4 is 5.95 Å². The smallest absolute Gasteiger partial charge is 0.224 e. The molecule has 1 aromatic heterocycles. The Bertz CT molecular complexity index is 424. The molecular weight excluding hydrogens is 256 g/mol. The van der Waals surface area contributed by atoms with Crippen molar-refractivity contribution in [2.24, 2.45) is 0 Å². The third-order valence-electron chi connectivity index (χ3n) is 3.80. The van der Waals surface area contributed by atoms with Crippen LogP contribution in [0.5, 0.6) is 0 Å². The number of hydrogen-bond acceptors (Lipinski definition) is 6. The lowest BCUT2D eigenvalue weighted by Crippen LogP contribution is -2.34. The number of rotatable bonds is 4. The van der Waals surface area contributed by atoms with Gasteiger partial charge in [0.15, 0.2) is 0 Å². The molecule has 6 nitrogen and oxygen atoms in total. The quantitative estimate of drug-likeness (QED) is 0.824. The van der Waals surface area contributed by atoms with E-state index >= 15 is 0 Å². The van der Waals surface area contributed by atoms with Crippen molar-refractivity contribution < 1.29 is 10.2 Å². The van der Waals surface area contributed by atoms with Gasteiger partial charge >= 0.3 is 0 Å². The molecule has 112 valence electrons. The van der Waals surface area contributed by atoms with Crippen LogP contribution in [-0.2, 0) is 6.54 Å². The molecule has 1 saturated heterocycles. The van der Waals surface area contributed by atoms with Crippen LogP contribution in [0.1, 0.15) is 24.8 Å². The lowest BCUT2D eigenvalue weighted by Gasteiger charge is -2.24. The van der Waals surface area contributed by atoms with E-state index in [1.807, 2.05) is 31.4 Å². The van der Waals surface area contributed by atoms with Gasteiger partial charge in [-0.1, -0.05) is 0 Å². The first-order chi connectivity index (χ1) is 9.52. The minimum atomic E-state index is -0.903. The van der Waals surface area contributed by atoms with Gasteiger partial charge < -0.3 is 15.1 Å². The van der Waals surface area contributed by atoms with Crippen molar-refractivity contribution in [1.82, 2.24) is 14.9 Å². The van der Waals surface area contributed by atoms with Crippen LogP contribution in [0.2, 0.25) is 0 Å². The first kappa shape index (κ1) is 15.2. The molecule has 1 aliphatic rings. The number of aromatic nitrogens is 2. The Morgan fingerprint density at radius 3 is 2.55 bits per heavy atom. The molecule has 0 saturated carbocycles. The highest BCUT2D eigenvalue weighted by molar-refractivity contribution is 5.26. The summed E-state index contributed by atoms with van der Waals surface area (Å²) >= 11 is 0. The van der Waals surface area contributed by atoms with Crippen LogP contribution in [0.25, 0.3) is 0 Å². The maximum atomic E-state index is 10.1.